The lowest BCUT2D eigenvalue weighted by molar-refractivity contribution is 0.102. The van der Waals surface area contributed by atoms with Crippen molar-refractivity contribution in [3.8, 4) is 0 Å². The number of anilines is 1. The summed E-state index contributed by atoms with van der Waals surface area (Å²) in [5.74, 6) is 0.240. The lowest BCUT2D eigenvalue weighted by atomic mass is 10.2. The summed E-state index contributed by atoms with van der Waals surface area (Å²) >= 11 is 9.30. The smallest absolute Gasteiger partial charge is 0.258 e. The Labute approximate surface area is 118 Å². The van der Waals surface area contributed by atoms with Crippen LogP contribution in [0.2, 0.25) is 5.02 Å². The van der Waals surface area contributed by atoms with Crippen LogP contribution < -0.4 is 5.32 Å². The van der Waals surface area contributed by atoms with Gasteiger partial charge in [0.25, 0.3) is 5.91 Å². The summed E-state index contributed by atoms with van der Waals surface area (Å²) in [5, 5.41) is 9.97. The van der Waals surface area contributed by atoms with E-state index in [1.54, 1.807) is 18.2 Å². The molecule has 2 N–H and O–H groups in total. The molecule has 1 aromatic heterocycles. The number of hydrogen-bond acceptors (Lipinski definition) is 2. The second kappa shape index (κ2) is 5.12. The molecule has 18 heavy (non-hydrogen) atoms. The summed E-state index contributed by atoms with van der Waals surface area (Å²) in [6.45, 7) is 3.78. The first-order valence-electron chi connectivity index (χ1n) is 5.27. The summed E-state index contributed by atoms with van der Waals surface area (Å²) in [4.78, 5) is 12.1. The van der Waals surface area contributed by atoms with E-state index in [-0.39, 0.29) is 5.91 Å². The minimum Gasteiger partial charge on any atom is -0.305 e. The first kappa shape index (κ1) is 13.1. The van der Waals surface area contributed by atoms with Gasteiger partial charge < -0.3 is 5.32 Å². The number of amides is 1. The van der Waals surface area contributed by atoms with Crippen LogP contribution in [-0.2, 0) is 0 Å². The fourth-order valence-corrected chi connectivity index (χ4v) is 2.02. The number of carbonyl (C=O) groups is 1. The number of H-pyrrole nitrogens is 1. The fraction of sp³-hybridized carbons (Fsp3) is 0.167. The van der Waals surface area contributed by atoms with E-state index in [0.717, 1.165) is 15.7 Å². The quantitative estimate of drug-likeness (QED) is 0.883. The molecular weight excluding hydrogens is 318 g/mol. The van der Waals surface area contributed by atoms with Crippen LogP contribution in [0.15, 0.2) is 22.7 Å². The molecule has 0 aliphatic carbocycles. The topological polar surface area (TPSA) is 57.8 Å². The Kier molecular flexibility index (Phi) is 3.73. The molecule has 0 saturated carbocycles. The van der Waals surface area contributed by atoms with Gasteiger partial charge in [-0.1, -0.05) is 27.5 Å². The van der Waals surface area contributed by atoms with Gasteiger partial charge >= 0.3 is 0 Å². The lowest BCUT2D eigenvalue weighted by Crippen LogP contribution is -2.13. The average molecular weight is 329 g/mol. The number of hydrogen-bond donors (Lipinski definition) is 2. The number of benzene rings is 1. The van der Waals surface area contributed by atoms with Gasteiger partial charge in [0, 0.05) is 15.7 Å². The molecule has 0 unspecified atom stereocenters. The van der Waals surface area contributed by atoms with Crippen LogP contribution in [-0.4, -0.2) is 16.1 Å². The Balaban J connectivity index is 2.27. The molecule has 4 nitrogen and oxygen atoms in total. The van der Waals surface area contributed by atoms with Gasteiger partial charge in [-0.05, 0) is 32.0 Å². The average Bonchev–Trinajstić information content (AvgIpc) is 2.64. The van der Waals surface area contributed by atoms with Gasteiger partial charge in [0.05, 0.1) is 10.6 Å². The molecule has 1 amide bonds. The Morgan fingerprint density at radius 1 is 1.44 bits per heavy atom. The molecule has 0 bridgehead atoms. The van der Waals surface area contributed by atoms with Crippen molar-refractivity contribution in [2.45, 2.75) is 13.8 Å². The van der Waals surface area contributed by atoms with E-state index in [1.807, 2.05) is 13.8 Å². The van der Waals surface area contributed by atoms with Crippen molar-refractivity contribution >= 4 is 39.3 Å². The monoisotopic (exact) mass is 327 g/mol. The molecule has 1 aromatic carbocycles. The zero-order chi connectivity index (χ0) is 13.3. The summed E-state index contributed by atoms with van der Waals surface area (Å²) in [6.07, 6.45) is 0. The summed E-state index contributed by atoms with van der Waals surface area (Å²) in [6, 6.07) is 5.12. The highest BCUT2D eigenvalue weighted by Gasteiger charge is 2.14. The van der Waals surface area contributed by atoms with Crippen LogP contribution >= 0.6 is 27.5 Å². The van der Waals surface area contributed by atoms with Crippen molar-refractivity contribution in [3.63, 3.8) is 0 Å². The third-order valence-electron chi connectivity index (χ3n) is 2.66. The Morgan fingerprint density at radius 2 is 2.17 bits per heavy atom. The highest BCUT2D eigenvalue weighted by molar-refractivity contribution is 9.10. The molecule has 1 heterocycles. The Morgan fingerprint density at radius 3 is 2.78 bits per heavy atom. The molecule has 0 aliphatic rings. The largest absolute Gasteiger partial charge is 0.305 e. The first-order chi connectivity index (χ1) is 8.49. The molecule has 94 valence electrons. The minimum atomic E-state index is -0.282. The third kappa shape index (κ3) is 2.57. The highest BCUT2D eigenvalue weighted by Crippen LogP contribution is 2.22. The van der Waals surface area contributed by atoms with E-state index in [2.05, 4.69) is 31.4 Å². The van der Waals surface area contributed by atoms with Gasteiger partial charge in [-0.15, -0.1) is 0 Å². The number of rotatable bonds is 2. The normalized spacial score (nSPS) is 10.4. The van der Waals surface area contributed by atoms with Gasteiger partial charge in [0.1, 0.15) is 0 Å². The van der Waals surface area contributed by atoms with E-state index in [1.165, 1.54) is 0 Å². The maximum absolute atomic E-state index is 12.1. The van der Waals surface area contributed by atoms with Crippen molar-refractivity contribution in [2.24, 2.45) is 0 Å². The first-order valence-corrected chi connectivity index (χ1v) is 6.44. The van der Waals surface area contributed by atoms with Crippen molar-refractivity contribution in [2.75, 3.05) is 5.32 Å². The maximum atomic E-state index is 12.1. The maximum Gasteiger partial charge on any atom is 0.258 e. The van der Waals surface area contributed by atoms with Gasteiger partial charge in [0.2, 0.25) is 0 Å². The molecule has 2 rings (SSSR count). The predicted molar refractivity (Wildman–Crippen MR) is 75.2 cm³/mol. The molecule has 0 atom stereocenters. The van der Waals surface area contributed by atoms with Gasteiger partial charge in [-0.25, -0.2) is 0 Å². The van der Waals surface area contributed by atoms with Crippen LogP contribution in [0.4, 0.5) is 5.82 Å². The van der Waals surface area contributed by atoms with Crippen molar-refractivity contribution in [1.29, 1.82) is 0 Å². The van der Waals surface area contributed by atoms with Gasteiger partial charge in [0.15, 0.2) is 5.82 Å². The van der Waals surface area contributed by atoms with Gasteiger partial charge in [-0.2, -0.15) is 5.10 Å². The molecular formula is C12H11BrClN3O. The van der Waals surface area contributed by atoms with E-state index >= 15 is 0 Å². The molecule has 0 fully saturated rings. The summed E-state index contributed by atoms with van der Waals surface area (Å²) in [7, 11) is 0. The van der Waals surface area contributed by atoms with Crippen molar-refractivity contribution in [3.05, 3.63) is 44.5 Å². The lowest BCUT2D eigenvalue weighted by Gasteiger charge is -2.05. The summed E-state index contributed by atoms with van der Waals surface area (Å²) in [5.41, 5.74) is 2.24. The second-order valence-electron chi connectivity index (χ2n) is 3.90. The number of aryl methyl sites for hydroxylation is 1. The van der Waals surface area contributed by atoms with Crippen molar-refractivity contribution in [1.82, 2.24) is 10.2 Å². The van der Waals surface area contributed by atoms with Crippen molar-refractivity contribution < 1.29 is 4.79 Å². The van der Waals surface area contributed by atoms with Crippen LogP contribution in [0, 0.1) is 13.8 Å². The van der Waals surface area contributed by atoms with Crippen LogP contribution in [0.1, 0.15) is 21.6 Å². The second-order valence-corrected chi connectivity index (χ2v) is 5.22. The van der Waals surface area contributed by atoms with Crippen LogP contribution in [0.3, 0.4) is 0 Å². The predicted octanol–water partition coefficient (Wildman–Crippen LogP) is 3.69. The molecule has 2 aromatic rings. The van der Waals surface area contributed by atoms with Crippen LogP contribution in [0.5, 0.6) is 0 Å². The number of nitrogens with one attached hydrogen (secondary N) is 2. The highest BCUT2D eigenvalue weighted by atomic mass is 79.9. The molecule has 0 aliphatic heterocycles. The van der Waals surface area contributed by atoms with Crippen LogP contribution in [0.25, 0.3) is 0 Å². The zero-order valence-electron chi connectivity index (χ0n) is 9.84. The SMILES string of the molecule is Cc1[nH]nc(NC(=O)c2cc(Br)ccc2Cl)c1C. The number of halogens is 2. The van der Waals surface area contributed by atoms with E-state index in [0.29, 0.717) is 16.4 Å². The van der Waals surface area contributed by atoms with E-state index in [9.17, 15) is 4.79 Å². The standard InChI is InChI=1S/C12H11BrClN3O/c1-6-7(2)16-17-11(6)15-12(18)9-5-8(13)3-4-10(9)14/h3-5H,1-2H3,(H2,15,16,17,18). The molecule has 0 spiro atoms. The molecule has 0 saturated heterocycles. The third-order valence-corrected chi connectivity index (χ3v) is 3.48. The number of aromatic amines is 1. The Bertz CT molecular complexity index is 609. The Hall–Kier alpha value is -1.33. The molecule has 0 radical (unpaired) electrons. The number of carbonyl (C=O) groups excluding carboxylic acids is 1. The fourth-order valence-electron chi connectivity index (χ4n) is 1.45. The van der Waals surface area contributed by atoms with Gasteiger partial charge in [-0.3, -0.25) is 9.89 Å². The molecule has 6 heteroatoms. The summed E-state index contributed by atoms with van der Waals surface area (Å²) < 4.78 is 0.798. The number of nitrogens with zero attached hydrogens (tertiary/aromatic N) is 1. The van der Waals surface area contributed by atoms with E-state index in [4.69, 9.17) is 11.6 Å². The number of aromatic nitrogens is 2. The minimum absolute atomic E-state index is 0.282. The zero-order valence-corrected chi connectivity index (χ0v) is 12.2. The van der Waals surface area contributed by atoms with E-state index < -0.39 is 0 Å².